The van der Waals surface area contributed by atoms with Crippen LogP contribution in [0.1, 0.15) is 0 Å². The first kappa shape index (κ1) is 89.9. The standard InChI is InChI=1S/C51H35N3.2C45H31N3/c1-3-13-36(14-4-1)41-18-11-21-45(35-41)53(43-30-25-39(26-31-43)47-24-12-17-37-15-7-9-22-46(37)47)44-32-27-40(28-33-44)51-52-49-34-29-38-16-8-10-23-48(38)50(49)54(51)42-19-5-2-6-20-42;1-3-16-38(17-4-1)47(40-27-24-33(25-28-40)36-23-22-32-12-7-8-14-35(32)30-36)41-20-11-15-37(31-41)45-46-43-29-26-34-13-9-10-21-42(34)44(43)48(45)39-18-5-2-6-19-39;1-3-11-32(12-4-1)34-19-25-39(26-20-34)47(41-29-21-33-13-7-8-15-37(33)31-41)40-27-22-36(23-28-40)45-46-43-30-24-35-14-9-10-18-42(35)44(43)48(45)38-16-5-2-6-17-38/h1-35H;2*1-31H. The molecule has 0 aliphatic carbocycles. The molecule has 25 aromatic carbocycles. The number of rotatable bonds is 19. The minimum atomic E-state index is 0.911. The van der Waals surface area contributed by atoms with Crippen molar-refractivity contribution in [2.45, 2.75) is 0 Å². The second-order valence-corrected chi connectivity index (χ2v) is 37.8. The minimum absolute atomic E-state index is 0.911. The summed E-state index contributed by atoms with van der Waals surface area (Å²) in [6.07, 6.45) is 0. The molecule has 0 saturated heterocycles. The van der Waals surface area contributed by atoms with Gasteiger partial charge in [0.2, 0.25) is 0 Å². The van der Waals surface area contributed by atoms with Crippen molar-refractivity contribution in [2.75, 3.05) is 14.7 Å². The molecule has 0 unspecified atom stereocenters. The van der Waals surface area contributed by atoms with Gasteiger partial charge in [0.05, 0.1) is 33.1 Å². The lowest BCUT2D eigenvalue weighted by Gasteiger charge is -2.26. The highest BCUT2D eigenvalue weighted by Gasteiger charge is 2.26. The van der Waals surface area contributed by atoms with Crippen LogP contribution in [0.5, 0.6) is 0 Å². The van der Waals surface area contributed by atoms with E-state index in [1.807, 2.05) is 0 Å². The van der Waals surface area contributed by atoms with E-state index < -0.39 is 0 Å². The SMILES string of the molecule is c1ccc(-c2ccc(N(c3ccc(-c4nc5ccc6ccccc6c5n4-c4ccccc4)cc3)c3ccc4ccccc4c3)cc2)cc1.c1ccc(-c2cccc(N(c3ccc(-c4cccc5ccccc45)cc3)c3ccc(-c4nc5ccc6ccccc6c5n4-c4ccccc4)cc3)c2)cc1.c1ccc(N(c2ccc(-c3ccc4ccccc4c3)cc2)c2cccc(-c3nc4ccc5ccccc5c4n3-c3ccccc3)c2)cc1. The summed E-state index contributed by atoms with van der Waals surface area (Å²) in [5.41, 5.74) is 32.0. The lowest BCUT2D eigenvalue weighted by atomic mass is 9.98. The molecule has 0 saturated carbocycles. The molecule has 28 aromatic rings. The smallest absolute Gasteiger partial charge is 0.145 e. The minimum Gasteiger partial charge on any atom is -0.310 e. The van der Waals surface area contributed by atoms with E-state index in [0.717, 1.165) is 136 Å². The Hall–Kier alpha value is -20.1. The van der Waals surface area contributed by atoms with Crippen LogP contribution in [0.3, 0.4) is 0 Å². The molecule has 3 heterocycles. The lowest BCUT2D eigenvalue weighted by molar-refractivity contribution is 1.10. The van der Waals surface area contributed by atoms with E-state index in [9.17, 15) is 0 Å². The Labute approximate surface area is 870 Å². The molecule has 150 heavy (non-hydrogen) atoms. The van der Waals surface area contributed by atoms with Gasteiger partial charge >= 0.3 is 0 Å². The number of para-hydroxylation sites is 4. The molecule has 28 rings (SSSR count). The summed E-state index contributed by atoms with van der Waals surface area (Å²) >= 11 is 0. The molecule has 9 nitrogen and oxygen atoms in total. The average Bonchev–Trinajstić information content (AvgIpc) is 1.60. The van der Waals surface area contributed by atoms with E-state index in [0.29, 0.717) is 0 Å². The van der Waals surface area contributed by atoms with Crippen molar-refractivity contribution in [3.05, 3.63) is 588 Å². The maximum Gasteiger partial charge on any atom is 0.145 e. The second kappa shape index (κ2) is 39.9. The van der Waals surface area contributed by atoms with Crippen LogP contribution < -0.4 is 14.7 Å². The molecular formula is C141H97N9. The molecular weight excluding hydrogens is 1820 g/mol. The summed E-state index contributed by atoms with van der Waals surface area (Å²) in [6, 6.07) is 209. The fourth-order valence-electron chi connectivity index (χ4n) is 21.4. The Balaban J connectivity index is 0.000000114. The summed E-state index contributed by atoms with van der Waals surface area (Å²) in [7, 11) is 0. The van der Waals surface area contributed by atoms with Crippen molar-refractivity contribution in [1.29, 1.82) is 0 Å². The number of fused-ring (bicyclic) bond motifs is 12. The zero-order chi connectivity index (χ0) is 99.6. The van der Waals surface area contributed by atoms with E-state index in [2.05, 4.69) is 617 Å². The number of nitrogens with zero attached hydrogens (tertiary/aromatic N) is 9. The first-order valence-electron chi connectivity index (χ1n) is 51.0. The van der Waals surface area contributed by atoms with Crippen LogP contribution in [-0.4, -0.2) is 28.7 Å². The van der Waals surface area contributed by atoms with Crippen molar-refractivity contribution in [3.63, 3.8) is 0 Å². The number of imidazole rings is 3. The zero-order valence-corrected chi connectivity index (χ0v) is 82.0. The molecule has 0 bridgehead atoms. The van der Waals surface area contributed by atoms with Crippen LogP contribution in [0, 0.1) is 0 Å². The van der Waals surface area contributed by atoms with Crippen LogP contribution in [0.25, 0.3) is 193 Å². The van der Waals surface area contributed by atoms with Crippen LogP contribution in [0.4, 0.5) is 51.2 Å². The maximum atomic E-state index is 5.27. The van der Waals surface area contributed by atoms with E-state index in [1.54, 1.807) is 0 Å². The second-order valence-electron chi connectivity index (χ2n) is 37.8. The summed E-state index contributed by atoms with van der Waals surface area (Å²) in [5.74, 6) is 2.74. The third-order valence-electron chi connectivity index (χ3n) is 28.7. The number of benzene rings is 25. The maximum absolute atomic E-state index is 5.27. The van der Waals surface area contributed by atoms with Crippen molar-refractivity contribution in [3.8, 4) is 95.7 Å². The molecule has 0 spiro atoms. The lowest BCUT2D eigenvalue weighted by Crippen LogP contribution is -2.10. The monoisotopic (exact) mass is 1920 g/mol. The van der Waals surface area contributed by atoms with Gasteiger partial charge in [-0.3, -0.25) is 13.7 Å². The Bertz CT molecular complexity index is 9780. The molecule has 0 radical (unpaired) electrons. The highest BCUT2D eigenvalue weighted by molar-refractivity contribution is 6.10. The van der Waals surface area contributed by atoms with E-state index in [4.69, 9.17) is 15.0 Å². The van der Waals surface area contributed by atoms with Gasteiger partial charge in [-0.1, -0.05) is 394 Å². The van der Waals surface area contributed by atoms with Gasteiger partial charge in [-0.05, 0) is 287 Å². The van der Waals surface area contributed by atoms with Gasteiger partial charge in [0.1, 0.15) is 17.5 Å². The normalized spacial score (nSPS) is 11.3. The number of anilines is 9. The van der Waals surface area contributed by atoms with Gasteiger partial charge in [-0.25, -0.2) is 15.0 Å². The molecule has 706 valence electrons. The van der Waals surface area contributed by atoms with Crippen LogP contribution >= 0.6 is 0 Å². The number of aromatic nitrogens is 6. The number of hydrogen-bond acceptors (Lipinski definition) is 6. The Morgan fingerprint density at radius 3 is 0.800 bits per heavy atom. The zero-order valence-electron chi connectivity index (χ0n) is 82.0. The van der Waals surface area contributed by atoms with Crippen LogP contribution in [0.2, 0.25) is 0 Å². The average molecular weight is 1920 g/mol. The Kier molecular flexibility index (Phi) is 23.9. The molecule has 0 aliphatic heterocycles. The fourth-order valence-corrected chi connectivity index (χ4v) is 21.4. The van der Waals surface area contributed by atoms with Crippen molar-refractivity contribution in [2.24, 2.45) is 0 Å². The topological polar surface area (TPSA) is 63.2 Å². The summed E-state index contributed by atoms with van der Waals surface area (Å²) in [4.78, 5) is 22.7. The van der Waals surface area contributed by atoms with Gasteiger partial charge in [0.25, 0.3) is 0 Å². The summed E-state index contributed by atoms with van der Waals surface area (Å²) in [6.45, 7) is 0. The first-order chi connectivity index (χ1) is 74.4. The molecule has 0 amide bonds. The van der Waals surface area contributed by atoms with Crippen LogP contribution in [-0.2, 0) is 0 Å². The predicted molar refractivity (Wildman–Crippen MR) is 630 cm³/mol. The first-order valence-corrected chi connectivity index (χ1v) is 51.0. The third kappa shape index (κ3) is 17.5. The van der Waals surface area contributed by atoms with Gasteiger partial charge in [0, 0.05) is 101 Å². The molecule has 0 atom stereocenters. The molecule has 0 N–H and O–H groups in total. The van der Waals surface area contributed by atoms with E-state index >= 15 is 0 Å². The number of hydrogen-bond donors (Lipinski definition) is 0. The van der Waals surface area contributed by atoms with E-state index in [1.165, 1.54) is 109 Å². The highest BCUT2D eigenvalue weighted by Crippen LogP contribution is 2.47. The van der Waals surface area contributed by atoms with Crippen molar-refractivity contribution >= 4 is 149 Å². The Morgan fingerprint density at radius 1 is 0.133 bits per heavy atom. The molecule has 9 heteroatoms. The predicted octanol–water partition coefficient (Wildman–Crippen LogP) is 38.1. The molecule has 3 aromatic heterocycles. The quantitative estimate of drug-likeness (QED) is 0.0804. The largest absolute Gasteiger partial charge is 0.310 e. The van der Waals surface area contributed by atoms with Gasteiger partial charge in [-0.15, -0.1) is 0 Å². The third-order valence-corrected chi connectivity index (χ3v) is 28.7. The Morgan fingerprint density at radius 2 is 0.373 bits per heavy atom. The van der Waals surface area contributed by atoms with Gasteiger partial charge in [-0.2, -0.15) is 0 Å². The highest BCUT2D eigenvalue weighted by atomic mass is 15.2. The van der Waals surface area contributed by atoms with Gasteiger partial charge in [0.15, 0.2) is 0 Å². The summed E-state index contributed by atoms with van der Waals surface area (Å²) < 4.78 is 6.91. The fraction of sp³-hybridized carbons (Fsp3) is 0. The van der Waals surface area contributed by atoms with Gasteiger partial charge < -0.3 is 14.7 Å². The van der Waals surface area contributed by atoms with Crippen LogP contribution in [0.15, 0.2) is 588 Å². The van der Waals surface area contributed by atoms with E-state index in [-0.39, 0.29) is 0 Å². The van der Waals surface area contributed by atoms with Crippen molar-refractivity contribution in [1.82, 2.24) is 28.7 Å². The summed E-state index contributed by atoms with van der Waals surface area (Å²) in [5, 5.41) is 14.6. The van der Waals surface area contributed by atoms with Crippen molar-refractivity contribution < 1.29 is 0 Å². The molecule has 0 aliphatic rings. The molecule has 0 fully saturated rings.